The van der Waals surface area contributed by atoms with Crippen molar-refractivity contribution in [3.63, 3.8) is 0 Å². The highest BCUT2D eigenvalue weighted by Gasteiger charge is 2.37. The van der Waals surface area contributed by atoms with Gasteiger partial charge in [-0.25, -0.2) is 4.79 Å². The van der Waals surface area contributed by atoms with Crippen LogP contribution in [0.1, 0.15) is 51.4 Å². The number of ketones is 1. The molecule has 1 N–H and O–H groups in total. The van der Waals surface area contributed by atoms with Crippen LogP contribution in [0.15, 0.2) is 24.3 Å². The summed E-state index contributed by atoms with van der Waals surface area (Å²) >= 11 is 0. The molecule has 172 valence electrons. The van der Waals surface area contributed by atoms with Gasteiger partial charge in [0.2, 0.25) is 5.91 Å². The van der Waals surface area contributed by atoms with E-state index < -0.39 is 17.7 Å². The van der Waals surface area contributed by atoms with E-state index in [0.29, 0.717) is 25.3 Å². The van der Waals surface area contributed by atoms with Crippen molar-refractivity contribution in [1.29, 1.82) is 0 Å². The van der Waals surface area contributed by atoms with Gasteiger partial charge in [0, 0.05) is 43.8 Å². The predicted molar refractivity (Wildman–Crippen MR) is 119 cm³/mol. The lowest BCUT2D eigenvalue weighted by Gasteiger charge is -2.41. The normalized spacial score (nSPS) is 16.0. The minimum atomic E-state index is -1.08. The highest BCUT2D eigenvalue weighted by atomic mass is 16.5. The molecular formula is C23H35N3O5. The molecule has 1 aromatic carbocycles. The Hall–Kier alpha value is -2.61. The number of nitrogens with zero attached hydrogens (tertiary/aromatic N) is 3. The summed E-state index contributed by atoms with van der Waals surface area (Å²) in [4.78, 5) is 41.1. The minimum Gasteiger partial charge on any atom is -0.494 e. The van der Waals surface area contributed by atoms with Crippen molar-refractivity contribution in [3.8, 4) is 5.75 Å². The number of hydrogen-bond donors (Lipinski definition) is 1. The summed E-state index contributed by atoms with van der Waals surface area (Å²) < 4.78 is 5.74. The second kappa shape index (κ2) is 10.6. The molecule has 1 atom stereocenters. The number of ether oxygens (including phenoxy) is 1. The third-order valence-electron chi connectivity index (χ3n) is 5.51. The fraction of sp³-hybridized carbons (Fsp3) is 0.609. The summed E-state index contributed by atoms with van der Waals surface area (Å²) in [6.45, 7) is 12.7. The second-order valence-corrected chi connectivity index (χ2v) is 8.95. The zero-order chi connectivity index (χ0) is 23.2. The third kappa shape index (κ3) is 6.95. The van der Waals surface area contributed by atoms with Gasteiger partial charge in [0.05, 0.1) is 6.61 Å². The van der Waals surface area contributed by atoms with Crippen molar-refractivity contribution in [1.82, 2.24) is 14.7 Å². The standard InChI is InChI=1S/C23H35N3O5/c1-17(26(22(29)30)23(3,4)5)21(28)25-14-12-24(13-15-25)11-6-16-31-20-9-7-19(8-10-20)18(2)27/h7-10,17H,6,11-16H2,1-5H3,(H,29,30)/t17-/m1/s1. The molecule has 8 heteroatoms. The van der Waals surface area contributed by atoms with E-state index in [9.17, 15) is 19.5 Å². The first-order chi connectivity index (χ1) is 14.5. The number of carboxylic acid groups (broad SMARTS) is 1. The lowest BCUT2D eigenvalue weighted by atomic mass is 10.0. The van der Waals surface area contributed by atoms with Crippen LogP contribution in [0, 0.1) is 0 Å². The molecular weight excluding hydrogens is 398 g/mol. The molecule has 0 spiro atoms. The van der Waals surface area contributed by atoms with Crippen molar-refractivity contribution in [2.45, 2.75) is 52.6 Å². The smallest absolute Gasteiger partial charge is 0.408 e. The van der Waals surface area contributed by atoms with Gasteiger partial charge in [0.1, 0.15) is 11.8 Å². The Balaban J connectivity index is 1.73. The van der Waals surface area contributed by atoms with Gasteiger partial charge < -0.3 is 14.7 Å². The van der Waals surface area contributed by atoms with Gasteiger partial charge in [-0.15, -0.1) is 0 Å². The van der Waals surface area contributed by atoms with Crippen LogP contribution in [0.25, 0.3) is 0 Å². The molecule has 0 unspecified atom stereocenters. The second-order valence-electron chi connectivity index (χ2n) is 8.95. The summed E-state index contributed by atoms with van der Waals surface area (Å²) in [7, 11) is 0. The fourth-order valence-corrected chi connectivity index (χ4v) is 3.86. The largest absolute Gasteiger partial charge is 0.494 e. The van der Waals surface area contributed by atoms with E-state index in [-0.39, 0.29) is 11.7 Å². The number of rotatable bonds is 8. The zero-order valence-electron chi connectivity index (χ0n) is 19.3. The molecule has 8 nitrogen and oxygen atoms in total. The molecule has 1 fully saturated rings. The van der Waals surface area contributed by atoms with Gasteiger partial charge in [-0.1, -0.05) is 0 Å². The zero-order valence-corrected chi connectivity index (χ0v) is 19.3. The highest BCUT2D eigenvalue weighted by molar-refractivity contribution is 5.94. The molecule has 1 aromatic rings. The Morgan fingerprint density at radius 1 is 1.10 bits per heavy atom. The number of piperazine rings is 1. The maximum Gasteiger partial charge on any atom is 0.408 e. The van der Waals surface area contributed by atoms with Crippen LogP contribution < -0.4 is 4.74 Å². The van der Waals surface area contributed by atoms with Crippen LogP contribution >= 0.6 is 0 Å². The molecule has 1 aliphatic heterocycles. The first kappa shape index (κ1) is 24.7. The van der Waals surface area contributed by atoms with Crippen molar-refractivity contribution < 1.29 is 24.2 Å². The maximum atomic E-state index is 12.8. The van der Waals surface area contributed by atoms with Crippen LogP contribution in [-0.4, -0.2) is 88.5 Å². The van der Waals surface area contributed by atoms with Crippen LogP contribution in [0.3, 0.4) is 0 Å². The van der Waals surface area contributed by atoms with Crippen LogP contribution in [0.5, 0.6) is 5.75 Å². The first-order valence-electron chi connectivity index (χ1n) is 10.8. The molecule has 1 heterocycles. The lowest BCUT2D eigenvalue weighted by molar-refractivity contribution is -0.139. The fourth-order valence-electron chi connectivity index (χ4n) is 3.86. The van der Waals surface area contributed by atoms with Crippen LogP contribution in [0.4, 0.5) is 4.79 Å². The third-order valence-corrected chi connectivity index (χ3v) is 5.51. The highest BCUT2D eigenvalue weighted by Crippen LogP contribution is 2.19. The monoisotopic (exact) mass is 433 g/mol. The molecule has 0 aromatic heterocycles. The van der Waals surface area contributed by atoms with E-state index in [4.69, 9.17) is 4.74 Å². The van der Waals surface area contributed by atoms with Gasteiger partial charge in [-0.3, -0.25) is 19.4 Å². The van der Waals surface area contributed by atoms with E-state index >= 15 is 0 Å². The maximum absolute atomic E-state index is 12.8. The Labute approximate surface area is 184 Å². The van der Waals surface area contributed by atoms with Gasteiger partial charge in [0.25, 0.3) is 0 Å². The Kier molecular flexibility index (Phi) is 8.44. The van der Waals surface area contributed by atoms with Gasteiger partial charge >= 0.3 is 6.09 Å². The molecule has 1 saturated heterocycles. The van der Waals surface area contributed by atoms with Crippen molar-refractivity contribution >= 4 is 17.8 Å². The molecule has 2 rings (SSSR count). The summed E-state index contributed by atoms with van der Waals surface area (Å²) in [5.41, 5.74) is 0.0258. The topological polar surface area (TPSA) is 90.4 Å². The quantitative estimate of drug-likeness (QED) is 0.501. The van der Waals surface area contributed by atoms with Gasteiger partial charge in [-0.2, -0.15) is 0 Å². The first-order valence-corrected chi connectivity index (χ1v) is 10.8. The molecule has 0 bridgehead atoms. The Bertz CT molecular complexity index is 764. The molecule has 0 radical (unpaired) electrons. The SMILES string of the molecule is CC(=O)c1ccc(OCCCN2CCN(C(=O)[C@@H](C)N(C(=O)O)C(C)(C)C)CC2)cc1. The molecule has 0 saturated carbocycles. The number of carbonyl (C=O) groups is 3. The average molecular weight is 434 g/mol. The van der Waals surface area contributed by atoms with E-state index in [2.05, 4.69) is 4.90 Å². The molecule has 31 heavy (non-hydrogen) atoms. The summed E-state index contributed by atoms with van der Waals surface area (Å²) in [5, 5.41) is 9.53. The van der Waals surface area contributed by atoms with E-state index in [1.165, 1.54) is 11.8 Å². The summed E-state index contributed by atoms with van der Waals surface area (Å²) in [6, 6.07) is 6.42. The van der Waals surface area contributed by atoms with Crippen molar-refractivity contribution in [3.05, 3.63) is 29.8 Å². The summed E-state index contributed by atoms with van der Waals surface area (Å²) in [5.74, 6) is 0.637. The summed E-state index contributed by atoms with van der Waals surface area (Å²) in [6.07, 6.45) is -0.224. The number of benzene rings is 1. The Morgan fingerprint density at radius 2 is 1.68 bits per heavy atom. The van der Waals surface area contributed by atoms with E-state index in [0.717, 1.165) is 31.8 Å². The number of carbonyl (C=O) groups excluding carboxylic acids is 2. The van der Waals surface area contributed by atoms with Gasteiger partial charge in [0.15, 0.2) is 5.78 Å². The number of amides is 2. The van der Waals surface area contributed by atoms with E-state index in [1.807, 2.05) is 0 Å². The number of Topliss-reactive ketones (excluding diaryl/α,β-unsaturated/α-hetero) is 1. The van der Waals surface area contributed by atoms with E-state index in [1.54, 1.807) is 56.9 Å². The van der Waals surface area contributed by atoms with Crippen LogP contribution in [-0.2, 0) is 4.79 Å². The molecule has 2 amide bonds. The minimum absolute atomic E-state index is 0.0349. The lowest BCUT2D eigenvalue weighted by Crippen LogP contribution is -2.59. The van der Waals surface area contributed by atoms with Crippen LogP contribution in [0.2, 0.25) is 0 Å². The van der Waals surface area contributed by atoms with Gasteiger partial charge in [-0.05, 0) is 65.3 Å². The average Bonchev–Trinajstić information content (AvgIpc) is 2.70. The molecule has 0 aliphatic carbocycles. The number of hydrogen-bond acceptors (Lipinski definition) is 5. The molecule has 1 aliphatic rings. The van der Waals surface area contributed by atoms with Crippen molar-refractivity contribution in [2.75, 3.05) is 39.3 Å². The Morgan fingerprint density at radius 3 is 2.16 bits per heavy atom. The van der Waals surface area contributed by atoms with Crippen molar-refractivity contribution in [2.24, 2.45) is 0 Å². The predicted octanol–water partition coefficient (Wildman–Crippen LogP) is 2.97.